The lowest BCUT2D eigenvalue weighted by Gasteiger charge is -2.33. The lowest BCUT2D eigenvalue weighted by atomic mass is 9.97. The highest BCUT2D eigenvalue weighted by atomic mass is 16.3. The minimum atomic E-state index is 0.294. The molecule has 4 heteroatoms. The molecule has 0 radical (unpaired) electrons. The molecule has 1 aromatic heterocycles. The van der Waals surface area contributed by atoms with Gasteiger partial charge in [0, 0.05) is 31.3 Å². The van der Waals surface area contributed by atoms with E-state index in [0.29, 0.717) is 12.5 Å². The average Bonchev–Trinajstić information content (AvgIpc) is 2.47. The van der Waals surface area contributed by atoms with Gasteiger partial charge in [-0.05, 0) is 37.0 Å². The van der Waals surface area contributed by atoms with Crippen molar-refractivity contribution in [3.05, 3.63) is 30.5 Å². The first kappa shape index (κ1) is 12.2. The number of benzene rings is 1. The fraction of sp³-hybridized carbons (Fsp3) is 0.400. The number of nitrogens with zero attached hydrogens (tertiary/aromatic N) is 2. The first-order valence-corrected chi connectivity index (χ1v) is 6.78. The number of aliphatic hydroxyl groups excluding tert-OH is 1. The monoisotopic (exact) mass is 257 g/mol. The molecule has 0 amide bonds. The van der Waals surface area contributed by atoms with Gasteiger partial charge < -0.3 is 15.7 Å². The van der Waals surface area contributed by atoms with E-state index in [-0.39, 0.29) is 0 Å². The molecule has 0 unspecified atom stereocenters. The molecule has 2 aromatic rings. The Labute approximate surface area is 112 Å². The minimum Gasteiger partial charge on any atom is -0.397 e. The second kappa shape index (κ2) is 5.05. The third-order valence-corrected chi connectivity index (χ3v) is 3.96. The zero-order chi connectivity index (χ0) is 13.2. The van der Waals surface area contributed by atoms with Crippen molar-refractivity contribution in [3.63, 3.8) is 0 Å². The van der Waals surface area contributed by atoms with Crippen molar-refractivity contribution in [2.45, 2.75) is 12.8 Å². The Kier molecular flexibility index (Phi) is 3.25. The summed E-state index contributed by atoms with van der Waals surface area (Å²) in [5, 5.41) is 10.3. The Bertz CT molecular complexity index is 577. The predicted octanol–water partition coefficient (Wildman–Crippen LogP) is 2.03. The van der Waals surface area contributed by atoms with Crippen LogP contribution < -0.4 is 10.6 Å². The van der Waals surface area contributed by atoms with E-state index in [9.17, 15) is 5.11 Å². The van der Waals surface area contributed by atoms with Crippen LogP contribution in [-0.4, -0.2) is 29.8 Å². The van der Waals surface area contributed by atoms with E-state index in [4.69, 9.17) is 5.73 Å². The normalized spacial score (nSPS) is 17.0. The van der Waals surface area contributed by atoms with Gasteiger partial charge in [-0.2, -0.15) is 0 Å². The Balaban J connectivity index is 1.90. The predicted molar refractivity (Wildman–Crippen MR) is 78.2 cm³/mol. The maximum atomic E-state index is 9.19. The SMILES string of the molecule is Nc1cc2cccnc2cc1N1CCC(CO)CC1. The number of pyridine rings is 1. The van der Waals surface area contributed by atoms with Gasteiger partial charge in [0.15, 0.2) is 0 Å². The molecule has 0 spiro atoms. The summed E-state index contributed by atoms with van der Waals surface area (Å²) in [7, 11) is 0. The molecule has 1 aromatic carbocycles. The molecule has 19 heavy (non-hydrogen) atoms. The Morgan fingerprint density at radius 3 is 2.84 bits per heavy atom. The number of hydrogen-bond donors (Lipinski definition) is 2. The Morgan fingerprint density at radius 2 is 2.11 bits per heavy atom. The number of nitrogens with two attached hydrogens (primary N) is 1. The first-order valence-electron chi connectivity index (χ1n) is 6.78. The second-order valence-corrected chi connectivity index (χ2v) is 5.22. The highest BCUT2D eigenvalue weighted by molar-refractivity contribution is 5.89. The van der Waals surface area contributed by atoms with Crippen molar-refractivity contribution in [2.75, 3.05) is 30.3 Å². The molecule has 1 aliphatic heterocycles. The summed E-state index contributed by atoms with van der Waals surface area (Å²) >= 11 is 0. The molecule has 0 atom stereocenters. The third kappa shape index (κ3) is 2.36. The summed E-state index contributed by atoms with van der Waals surface area (Å²) in [5.41, 5.74) is 9.03. The Morgan fingerprint density at radius 1 is 1.32 bits per heavy atom. The molecule has 2 heterocycles. The number of piperidine rings is 1. The largest absolute Gasteiger partial charge is 0.397 e. The van der Waals surface area contributed by atoms with Crippen molar-refractivity contribution in [1.82, 2.24) is 4.98 Å². The van der Waals surface area contributed by atoms with Crippen LogP contribution in [0, 0.1) is 5.92 Å². The van der Waals surface area contributed by atoms with Crippen LogP contribution in [-0.2, 0) is 0 Å². The summed E-state index contributed by atoms with van der Waals surface area (Å²) < 4.78 is 0. The summed E-state index contributed by atoms with van der Waals surface area (Å²) in [6.45, 7) is 2.20. The van der Waals surface area contributed by atoms with Crippen molar-refractivity contribution >= 4 is 22.3 Å². The van der Waals surface area contributed by atoms with Gasteiger partial charge in [-0.25, -0.2) is 0 Å². The van der Waals surface area contributed by atoms with Crippen LogP contribution >= 0.6 is 0 Å². The Hall–Kier alpha value is -1.81. The van der Waals surface area contributed by atoms with Gasteiger partial charge in [-0.3, -0.25) is 4.98 Å². The van der Waals surface area contributed by atoms with Gasteiger partial charge in [-0.15, -0.1) is 0 Å². The van der Waals surface area contributed by atoms with Crippen LogP contribution in [0.5, 0.6) is 0 Å². The standard InChI is InChI=1S/C15H19N3O/c16-13-8-12-2-1-5-17-14(12)9-15(13)18-6-3-11(10-19)4-7-18/h1-2,5,8-9,11,19H,3-4,6-7,10,16H2. The number of aliphatic hydroxyl groups is 1. The van der Waals surface area contributed by atoms with E-state index < -0.39 is 0 Å². The highest BCUT2D eigenvalue weighted by Gasteiger charge is 2.20. The van der Waals surface area contributed by atoms with Crippen LogP contribution in [0.1, 0.15) is 12.8 Å². The summed E-state index contributed by atoms with van der Waals surface area (Å²) in [4.78, 5) is 6.69. The zero-order valence-corrected chi connectivity index (χ0v) is 10.9. The fourth-order valence-electron chi connectivity index (χ4n) is 2.76. The van der Waals surface area contributed by atoms with E-state index in [1.807, 2.05) is 18.2 Å². The number of anilines is 2. The molecule has 1 aliphatic rings. The summed E-state index contributed by atoms with van der Waals surface area (Å²) in [6, 6.07) is 8.02. The number of aromatic nitrogens is 1. The fourth-order valence-corrected chi connectivity index (χ4v) is 2.76. The van der Waals surface area contributed by atoms with E-state index in [2.05, 4.69) is 16.0 Å². The maximum Gasteiger partial charge on any atom is 0.0724 e. The molecular weight excluding hydrogens is 238 g/mol. The zero-order valence-electron chi connectivity index (χ0n) is 10.9. The van der Waals surface area contributed by atoms with Crippen LogP contribution in [0.4, 0.5) is 11.4 Å². The maximum absolute atomic E-state index is 9.19. The van der Waals surface area contributed by atoms with Gasteiger partial charge in [0.2, 0.25) is 0 Å². The van der Waals surface area contributed by atoms with E-state index >= 15 is 0 Å². The topological polar surface area (TPSA) is 62.4 Å². The molecule has 4 nitrogen and oxygen atoms in total. The number of fused-ring (bicyclic) bond motifs is 1. The quantitative estimate of drug-likeness (QED) is 0.808. The molecule has 3 N–H and O–H groups in total. The van der Waals surface area contributed by atoms with Crippen molar-refractivity contribution < 1.29 is 5.11 Å². The number of hydrogen-bond acceptors (Lipinski definition) is 4. The minimum absolute atomic E-state index is 0.294. The van der Waals surface area contributed by atoms with E-state index in [1.54, 1.807) is 6.20 Å². The molecular formula is C15H19N3O. The number of rotatable bonds is 2. The average molecular weight is 257 g/mol. The van der Waals surface area contributed by atoms with Gasteiger partial charge >= 0.3 is 0 Å². The third-order valence-electron chi connectivity index (χ3n) is 3.96. The first-order chi connectivity index (χ1) is 9.28. The molecule has 100 valence electrons. The van der Waals surface area contributed by atoms with E-state index in [1.165, 1.54) is 0 Å². The smallest absolute Gasteiger partial charge is 0.0724 e. The van der Waals surface area contributed by atoms with Crippen molar-refractivity contribution in [2.24, 2.45) is 5.92 Å². The van der Waals surface area contributed by atoms with Gasteiger partial charge in [-0.1, -0.05) is 6.07 Å². The molecule has 1 saturated heterocycles. The lowest BCUT2D eigenvalue weighted by Crippen LogP contribution is -2.35. The summed E-state index contributed by atoms with van der Waals surface area (Å²) in [5.74, 6) is 0.441. The van der Waals surface area contributed by atoms with Crippen molar-refractivity contribution in [3.8, 4) is 0 Å². The molecule has 0 aliphatic carbocycles. The number of nitrogen functional groups attached to an aromatic ring is 1. The van der Waals surface area contributed by atoms with Crippen LogP contribution in [0.15, 0.2) is 30.5 Å². The van der Waals surface area contributed by atoms with Crippen molar-refractivity contribution in [1.29, 1.82) is 0 Å². The van der Waals surface area contributed by atoms with Crippen LogP contribution in [0.3, 0.4) is 0 Å². The lowest BCUT2D eigenvalue weighted by molar-refractivity contribution is 0.203. The van der Waals surface area contributed by atoms with Crippen LogP contribution in [0.25, 0.3) is 10.9 Å². The van der Waals surface area contributed by atoms with Crippen LogP contribution in [0.2, 0.25) is 0 Å². The molecule has 3 rings (SSSR count). The highest BCUT2D eigenvalue weighted by Crippen LogP contribution is 2.31. The van der Waals surface area contributed by atoms with Gasteiger partial charge in [0.1, 0.15) is 0 Å². The molecule has 0 saturated carbocycles. The second-order valence-electron chi connectivity index (χ2n) is 5.22. The van der Waals surface area contributed by atoms with Gasteiger partial charge in [0.05, 0.1) is 16.9 Å². The molecule has 0 bridgehead atoms. The van der Waals surface area contributed by atoms with E-state index in [0.717, 1.165) is 48.2 Å². The molecule has 1 fully saturated rings. The van der Waals surface area contributed by atoms with Gasteiger partial charge in [0.25, 0.3) is 0 Å². The summed E-state index contributed by atoms with van der Waals surface area (Å²) in [6.07, 6.45) is 3.85.